The van der Waals surface area contributed by atoms with Gasteiger partial charge in [0.05, 0.1) is 0 Å². The molecular weight excluding hydrogens is 246 g/mol. The van der Waals surface area contributed by atoms with Gasteiger partial charge in [-0.3, -0.25) is 4.90 Å². The fourth-order valence-corrected chi connectivity index (χ4v) is 3.86. The van der Waals surface area contributed by atoms with Crippen LogP contribution in [0.5, 0.6) is 0 Å². The van der Waals surface area contributed by atoms with Crippen LogP contribution in [0.15, 0.2) is 0 Å². The topological polar surface area (TPSA) is 18.5 Å². The van der Waals surface area contributed by atoms with Crippen molar-refractivity contribution < 1.29 is 0 Å². The first-order chi connectivity index (χ1) is 9.63. The molecule has 0 saturated carbocycles. The minimum Gasteiger partial charge on any atom is -0.311 e. The zero-order valence-corrected chi connectivity index (χ0v) is 14.1. The van der Waals surface area contributed by atoms with Crippen LogP contribution in [-0.4, -0.2) is 61.2 Å². The Balaban J connectivity index is 1.87. The molecule has 2 rings (SSSR count). The number of likely N-dealkylation sites (tertiary alicyclic amines) is 1. The van der Waals surface area contributed by atoms with Gasteiger partial charge in [-0.2, -0.15) is 0 Å². The Kier molecular flexibility index (Phi) is 6.31. The van der Waals surface area contributed by atoms with Crippen LogP contribution in [0.3, 0.4) is 0 Å². The number of hydrogen-bond acceptors (Lipinski definition) is 3. The van der Waals surface area contributed by atoms with E-state index in [0.717, 1.165) is 17.9 Å². The van der Waals surface area contributed by atoms with Crippen molar-refractivity contribution in [3.8, 4) is 0 Å². The SMILES string of the molecule is CCC1CN(CC2CCN(CC)CC2)C(C(C)C)CN1. The molecule has 0 amide bonds. The largest absolute Gasteiger partial charge is 0.311 e. The molecule has 0 radical (unpaired) electrons. The molecule has 2 fully saturated rings. The number of hydrogen-bond donors (Lipinski definition) is 1. The molecule has 0 aromatic carbocycles. The second-order valence-corrected chi connectivity index (χ2v) is 7.16. The van der Waals surface area contributed by atoms with Crippen molar-refractivity contribution in [1.82, 2.24) is 15.1 Å². The summed E-state index contributed by atoms with van der Waals surface area (Å²) in [5, 5.41) is 3.73. The molecule has 0 aliphatic carbocycles. The van der Waals surface area contributed by atoms with Gasteiger partial charge in [-0.25, -0.2) is 0 Å². The van der Waals surface area contributed by atoms with Crippen molar-refractivity contribution in [2.45, 2.75) is 59.0 Å². The summed E-state index contributed by atoms with van der Waals surface area (Å²) in [6, 6.07) is 1.45. The van der Waals surface area contributed by atoms with Crippen LogP contribution in [0.4, 0.5) is 0 Å². The molecule has 20 heavy (non-hydrogen) atoms. The second-order valence-electron chi connectivity index (χ2n) is 7.16. The number of rotatable bonds is 5. The van der Waals surface area contributed by atoms with Gasteiger partial charge in [-0.1, -0.05) is 27.7 Å². The van der Waals surface area contributed by atoms with Crippen molar-refractivity contribution in [2.75, 3.05) is 39.3 Å². The number of piperazine rings is 1. The highest BCUT2D eigenvalue weighted by Gasteiger charge is 2.31. The Morgan fingerprint density at radius 1 is 1.15 bits per heavy atom. The van der Waals surface area contributed by atoms with Crippen LogP contribution in [0.2, 0.25) is 0 Å². The van der Waals surface area contributed by atoms with Crippen LogP contribution in [0.25, 0.3) is 0 Å². The van der Waals surface area contributed by atoms with Crippen LogP contribution < -0.4 is 5.32 Å². The predicted octanol–water partition coefficient (Wildman–Crippen LogP) is 2.43. The van der Waals surface area contributed by atoms with Gasteiger partial charge in [0, 0.05) is 31.7 Å². The maximum Gasteiger partial charge on any atom is 0.0244 e. The predicted molar refractivity (Wildman–Crippen MR) is 87.1 cm³/mol. The van der Waals surface area contributed by atoms with E-state index in [9.17, 15) is 0 Å². The normalized spacial score (nSPS) is 31.1. The van der Waals surface area contributed by atoms with Gasteiger partial charge in [-0.05, 0) is 50.7 Å². The fraction of sp³-hybridized carbons (Fsp3) is 1.00. The third kappa shape index (κ3) is 4.19. The maximum absolute atomic E-state index is 3.73. The van der Waals surface area contributed by atoms with Crippen molar-refractivity contribution in [3.63, 3.8) is 0 Å². The molecule has 2 heterocycles. The molecule has 3 heteroatoms. The average molecular weight is 281 g/mol. The van der Waals surface area contributed by atoms with Crippen LogP contribution in [-0.2, 0) is 0 Å². The Bertz CT molecular complexity index is 271. The van der Waals surface area contributed by atoms with Gasteiger partial charge in [0.15, 0.2) is 0 Å². The molecule has 2 aliphatic heterocycles. The molecule has 118 valence electrons. The van der Waals surface area contributed by atoms with E-state index < -0.39 is 0 Å². The van der Waals surface area contributed by atoms with Crippen molar-refractivity contribution >= 4 is 0 Å². The summed E-state index contributed by atoms with van der Waals surface area (Å²) in [7, 11) is 0. The smallest absolute Gasteiger partial charge is 0.0244 e. The summed E-state index contributed by atoms with van der Waals surface area (Å²) >= 11 is 0. The van der Waals surface area contributed by atoms with Gasteiger partial charge in [0.2, 0.25) is 0 Å². The van der Waals surface area contributed by atoms with Crippen molar-refractivity contribution in [1.29, 1.82) is 0 Å². The zero-order valence-electron chi connectivity index (χ0n) is 14.1. The Morgan fingerprint density at radius 3 is 2.40 bits per heavy atom. The molecule has 1 N–H and O–H groups in total. The summed E-state index contributed by atoms with van der Waals surface area (Å²) in [6.07, 6.45) is 4.06. The Hall–Kier alpha value is -0.120. The Morgan fingerprint density at radius 2 is 1.85 bits per heavy atom. The molecular formula is C17H35N3. The number of nitrogens with one attached hydrogen (secondary N) is 1. The molecule has 3 nitrogen and oxygen atoms in total. The summed E-state index contributed by atoms with van der Waals surface area (Å²) < 4.78 is 0. The first-order valence-electron chi connectivity index (χ1n) is 8.83. The first kappa shape index (κ1) is 16.3. The summed E-state index contributed by atoms with van der Waals surface area (Å²) in [5.41, 5.74) is 0. The lowest BCUT2D eigenvalue weighted by atomic mass is 9.92. The van der Waals surface area contributed by atoms with E-state index in [4.69, 9.17) is 0 Å². The van der Waals surface area contributed by atoms with E-state index in [1.165, 1.54) is 58.5 Å². The molecule has 2 aliphatic rings. The third-order valence-electron chi connectivity index (χ3n) is 5.45. The molecule has 0 spiro atoms. The lowest BCUT2D eigenvalue weighted by Gasteiger charge is -2.44. The standard InChI is InChI=1S/C17H35N3/c1-5-16-13-20(17(11-18-16)14(3)4)12-15-7-9-19(6-2)10-8-15/h14-18H,5-13H2,1-4H3. The van der Waals surface area contributed by atoms with Gasteiger partial charge < -0.3 is 10.2 Å². The highest BCUT2D eigenvalue weighted by molar-refractivity contribution is 4.89. The van der Waals surface area contributed by atoms with Crippen molar-refractivity contribution in [3.05, 3.63) is 0 Å². The van der Waals surface area contributed by atoms with Crippen LogP contribution >= 0.6 is 0 Å². The van der Waals surface area contributed by atoms with E-state index in [-0.39, 0.29) is 0 Å². The molecule has 0 bridgehead atoms. The van der Waals surface area contributed by atoms with Crippen LogP contribution in [0, 0.1) is 11.8 Å². The molecule has 2 atom stereocenters. The minimum absolute atomic E-state index is 0.709. The monoisotopic (exact) mass is 281 g/mol. The maximum atomic E-state index is 3.73. The van der Waals surface area contributed by atoms with Gasteiger partial charge in [0.1, 0.15) is 0 Å². The summed E-state index contributed by atoms with van der Waals surface area (Å²) in [6.45, 7) is 17.0. The van der Waals surface area contributed by atoms with Crippen LogP contribution in [0.1, 0.15) is 47.0 Å². The van der Waals surface area contributed by atoms with Gasteiger partial charge >= 0.3 is 0 Å². The number of nitrogens with zero attached hydrogens (tertiary/aromatic N) is 2. The third-order valence-corrected chi connectivity index (χ3v) is 5.45. The first-order valence-corrected chi connectivity index (χ1v) is 8.83. The van der Waals surface area contributed by atoms with E-state index in [1.807, 2.05) is 0 Å². The molecule has 0 aromatic rings. The van der Waals surface area contributed by atoms with Crippen molar-refractivity contribution in [2.24, 2.45) is 11.8 Å². The number of piperidine rings is 1. The van der Waals surface area contributed by atoms with Gasteiger partial charge in [-0.15, -0.1) is 0 Å². The zero-order chi connectivity index (χ0) is 14.5. The molecule has 0 aromatic heterocycles. The Labute approximate surface area is 126 Å². The quantitative estimate of drug-likeness (QED) is 0.835. The van der Waals surface area contributed by atoms with E-state index in [2.05, 4.69) is 42.8 Å². The second kappa shape index (κ2) is 7.77. The molecule has 2 unspecified atom stereocenters. The van der Waals surface area contributed by atoms with E-state index in [0.29, 0.717) is 6.04 Å². The highest BCUT2D eigenvalue weighted by Crippen LogP contribution is 2.23. The lowest BCUT2D eigenvalue weighted by molar-refractivity contribution is 0.0635. The van der Waals surface area contributed by atoms with E-state index in [1.54, 1.807) is 0 Å². The lowest BCUT2D eigenvalue weighted by Crippen LogP contribution is -2.59. The highest BCUT2D eigenvalue weighted by atomic mass is 15.2. The summed E-state index contributed by atoms with van der Waals surface area (Å²) in [5.74, 6) is 1.69. The fourth-order valence-electron chi connectivity index (χ4n) is 3.86. The van der Waals surface area contributed by atoms with E-state index >= 15 is 0 Å². The average Bonchev–Trinajstić information content (AvgIpc) is 2.47. The minimum atomic E-state index is 0.709. The van der Waals surface area contributed by atoms with Gasteiger partial charge in [0.25, 0.3) is 0 Å². The molecule has 2 saturated heterocycles. The summed E-state index contributed by atoms with van der Waals surface area (Å²) in [4.78, 5) is 5.41.